The van der Waals surface area contributed by atoms with Crippen LogP contribution in [0, 0.1) is 0 Å². The van der Waals surface area contributed by atoms with Gasteiger partial charge in [0.05, 0.1) is 12.8 Å². The van der Waals surface area contributed by atoms with Crippen LogP contribution in [0.5, 0.6) is 5.88 Å². The largest absolute Gasteiger partial charge is 0.481 e. The monoisotopic (exact) mass is 448 g/mol. The van der Waals surface area contributed by atoms with E-state index in [1.807, 2.05) is 0 Å². The van der Waals surface area contributed by atoms with Crippen molar-refractivity contribution in [2.24, 2.45) is 0 Å². The Morgan fingerprint density at radius 1 is 1.03 bits per heavy atom. The van der Waals surface area contributed by atoms with E-state index in [0.717, 1.165) is 7.11 Å². The van der Waals surface area contributed by atoms with Gasteiger partial charge in [-0.15, -0.1) is 10.2 Å². The Kier molecular flexibility index (Phi) is 5.34. The molecule has 1 atom stereocenters. The molecular weight excluding hydrogens is 434 g/mol. The van der Waals surface area contributed by atoms with Gasteiger partial charge >= 0.3 is 12.4 Å². The minimum atomic E-state index is -5.16. The lowest BCUT2D eigenvalue weighted by molar-refractivity contribution is -0.266. The molecule has 0 fully saturated rings. The van der Waals surface area contributed by atoms with Crippen LogP contribution in [0.1, 0.15) is 18.4 Å². The van der Waals surface area contributed by atoms with Gasteiger partial charge in [0.15, 0.2) is 5.69 Å². The van der Waals surface area contributed by atoms with Crippen molar-refractivity contribution in [1.82, 2.24) is 15.2 Å². The van der Waals surface area contributed by atoms with Crippen molar-refractivity contribution < 1.29 is 40.6 Å². The molecule has 0 spiro atoms. The van der Waals surface area contributed by atoms with Gasteiger partial charge in [0, 0.05) is 5.56 Å². The Bertz CT molecular complexity index is 1090. The van der Waals surface area contributed by atoms with Gasteiger partial charge in [-0.05, 0) is 12.5 Å². The van der Waals surface area contributed by atoms with Crippen LogP contribution in [0.25, 0.3) is 22.7 Å². The predicted molar refractivity (Wildman–Crippen MR) is 94.6 cm³/mol. The Balaban J connectivity index is 2.30. The van der Waals surface area contributed by atoms with E-state index >= 15 is 0 Å². The minimum absolute atomic E-state index is 0.0382. The molecule has 0 bridgehead atoms. The highest BCUT2D eigenvalue weighted by atomic mass is 19.4. The Labute approximate surface area is 170 Å². The van der Waals surface area contributed by atoms with Crippen molar-refractivity contribution in [3.63, 3.8) is 0 Å². The summed E-state index contributed by atoms with van der Waals surface area (Å²) in [5.41, 5.74) is -0.470. The molecule has 1 aromatic carbocycles. The maximum Gasteiger partial charge on any atom is 0.426 e. The molecule has 3 rings (SSSR count). The van der Waals surface area contributed by atoms with Crippen LogP contribution in [-0.4, -0.2) is 33.6 Å². The van der Waals surface area contributed by atoms with E-state index in [2.05, 4.69) is 15.2 Å². The SMILES string of the molecule is COc1nc(-c2nnc([C@](C)(O)C(F)(F)F)o2)c(N)c(-c2ccccc2)c1C(F)(F)F. The molecule has 7 nitrogen and oxygen atoms in total. The molecule has 2 aromatic heterocycles. The third-order valence-electron chi connectivity index (χ3n) is 4.34. The number of alkyl halides is 6. The zero-order valence-corrected chi connectivity index (χ0v) is 15.8. The van der Waals surface area contributed by atoms with Gasteiger partial charge in [0.25, 0.3) is 11.8 Å². The highest BCUT2D eigenvalue weighted by molar-refractivity contribution is 5.88. The second kappa shape index (κ2) is 7.41. The van der Waals surface area contributed by atoms with E-state index in [4.69, 9.17) is 14.9 Å². The summed E-state index contributed by atoms with van der Waals surface area (Å²) in [7, 11) is 0.931. The molecule has 0 aliphatic heterocycles. The lowest BCUT2D eigenvalue weighted by atomic mass is 9.97. The molecule has 166 valence electrons. The fraction of sp³-hybridized carbons (Fsp3) is 0.278. The third-order valence-corrected chi connectivity index (χ3v) is 4.34. The Hall–Kier alpha value is -3.35. The minimum Gasteiger partial charge on any atom is -0.481 e. The number of aromatic nitrogens is 3. The quantitative estimate of drug-likeness (QED) is 0.577. The summed E-state index contributed by atoms with van der Waals surface area (Å²) < 4.78 is 90.2. The molecule has 3 N–H and O–H groups in total. The normalized spacial score (nSPS) is 14.4. The molecule has 3 aromatic rings. The molecule has 0 saturated carbocycles. The van der Waals surface area contributed by atoms with Gasteiger partial charge in [-0.1, -0.05) is 30.3 Å². The predicted octanol–water partition coefficient (Wildman–Crippen LogP) is 4.18. The number of nitrogen functional groups attached to an aromatic ring is 1. The summed E-state index contributed by atoms with van der Waals surface area (Å²) in [4.78, 5) is 3.64. The van der Waals surface area contributed by atoms with Crippen molar-refractivity contribution in [3.05, 3.63) is 41.8 Å². The molecule has 31 heavy (non-hydrogen) atoms. The van der Waals surface area contributed by atoms with Crippen LogP contribution in [0.4, 0.5) is 32.0 Å². The lowest BCUT2D eigenvalue weighted by Crippen LogP contribution is -2.39. The number of anilines is 1. The lowest BCUT2D eigenvalue weighted by Gasteiger charge is -2.21. The average Bonchev–Trinajstić information content (AvgIpc) is 3.17. The molecule has 0 aliphatic carbocycles. The van der Waals surface area contributed by atoms with Crippen molar-refractivity contribution in [2.75, 3.05) is 12.8 Å². The number of methoxy groups -OCH3 is 1. The Morgan fingerprint density at radius 3 is 2.16 bits per heavy atom. The van der Waals surface area contributed by atoms with Crippen molar-refractivity contribution in [2.45, 2.75) is 24.9 Å². The molecule has 0 aliphatic rings. The number of nitrogens with two attached hydrogens (primary N) is 1. The summed E-state index contributed by atoms with van der Waals surface area (Å²) in [6.07, 6.45) is -10.1. The third kappa shape index (κ3) is 3.87. The topological polar surface area (TPSA) is 107 Å². The van der Waals surface area contributed by atoms with Gasteiger partial charge in [0.1, 0.15) is 5.56 Å². The summed E-state index contributed by atoms with van der Waals surface area (Å²) in [6.45, 7) is 0.379. The first-order chi connectivity index (χ1) is 14.3. The van der Waals surface area contributed by atoms with E-state index in [9.17, 15) is 31.4 Å². The van der Waals surface area contributed by atoms with E-state index in [1.54, 1.807) is 6.07 Å². The number of hydrogen-bond acceptors (Lipinski definition) is 7. The highest BCUT2D eigenvalue weighted by Gasteiger charge is 2.55. The smallest absolute Gasteiger partial charge is 0.426 e. The van der Waals surface area contributed by atoms with Crippen molar-refractivity contribution in [3.8, 4) is 28.6 Å². The number of ether oxygens (including phenoxy) is 1. The van der Waals surface area contributed by atoms with Crippen LogP contribution in [0.15, 0.2) is 34.7 Å². The summed E-state index contributed by atoms with van der Waals surface area (Å²) in [5, 5.41) is 16.2. The van der Waals surface area contributed by atoms with Gasteiger partial charge in [-0.3, -0.25) is 0 Å². The zero-order chi connectivity index (χ0) is 23.2. The number of rotatable bonds is 4. The van der Waals surface area contributed by atoms with E-state index in [-0.39, 0.29) is 5.56 Å². The number of nitrogens with zero attached hydrogens (tertiary/aromatic N) is 3. The highest BCUT2D eigenvalue weighted by Crippen LogP contribution is 2.47. The molecule has 0 amide bonds. The second-order valence-electron chi connectivity index (χ2n) is 6.48. The van der Waals surface area contributed by atoms with Gasteiger partial charge in [-0.2, -0.15) is 26.3 Å². The van der Waals surface area contributed by atoms with Crippen LogP contribution in [0.3, 0.4) is 0 Å². The van der Waals surface area contributed by atoms with Gasteiger partial charge < -0.3 is 20.0 Å². The molecule has 0 unspecified atom stereocenters. The number of pyridine rings is 1. The average molecular weight is 448 g/mol. The fourth-order valence-electron chi connectivity index (χ4n) is 2.69. The molecular formula is C18H14F6N4O3. The number of aliphatic hydroxyl groups is 1. The maximum atomic E-state index is 13.8. The van der Waals surface area contributed by atoms with E-state index < -0.39 is 58.1 Å². The number of halogens is 6. The summed E-state index contributed by atoms with van der Waals surface area (Å²) >= 11 is 0. The first kappa shape index (κ1) is 22.3. The molecule has 0 radical (unpaired) electrons. The number of benzene rings is 1. The Morgan fingerprint density at radius 2 is 1.65 bits per heavy atom. The van der Waals surface area contributed by atoms with Crippen LogP contribution < -0.4 is 10.5 Å². The molecule has 13 heteroatoms. The molecule has 0 saturated heterocycles. The first-order valence-electron chi connectivity index (χ1n) is 8.42. The zero-order valence-electron chi connectivity index (χ0n) is 15.8. The van der Waals surface area contributed by atoms with E-state index in [0.29, 0.717) is 6.92 Å². The van der Waals surface area contributed by atoms with Crippen molar-refractivity contribution in [1.29, 1.82) is 0 Å². The van der Waals surface area contributed by atoms with Crippen LogP contribution in [-0.2, 0) is 11.8 Å². The maximum absolute atomic E-state index is 13.8. The van der Waals surface area contributed by atoms with Gasteiger partial charge in [0.2, 0.25) is 11.5 Å². The summed E-state index contributed by atoms with van der Waals surface area (Å²) in [6, 6.07) is 7.19. The second-order valence-corrected chi connectivity index (χ2v) is 6.48. The van der Waals surface area contributed by atoms with Crippen LogP contribution in [0.2, 0.25) is 0 Å². The van der Waals surface area contributed by atoms with E-state index in [1.165, 1.54) is 24.3 Å². The van der Waals surface area contributed by atoms with Gasteiger partial charge in [-0.25, -0.2) is 4.98 Å². The molecule has 2 heterocycles. The van der Waals surface area contributed by atoms with Crippen molar-refractivity contribution >= 4 is 5.69 Å². The standard InChI is InChI=1S/C18H14F6N4O3/c1-16(29,18(22,23)24)15-28-27-14(31-15)12-11(25)9(8-6-4-3-5-7-8)10(17(19,20)21)13(26-12)30-2/h3-7,29H,25H2,1-2H3/t16-/m0/s1. The number of hydrogen-bond donors (Lipinski definition) is 2. The summed E-state index contributed by atoms with van der Waals surface area (Å²) in [5.74, 6) is -2.88. The van der Waals surface area contributed by atoms with Crippen LogP contribution >= 0.6 is 0 Å². The first-order valence-corrected chi connectivity index (χ1v) is 8.42. The fourth-order valence-corrected chi connectivity index (χ4v) is 2.69.